The molecule has 54 valence electrons. The summed E-state index contributed by atoms with van der Waals surface area (Å²) in [4.78, 5) is 0. The van der Waals surface area contributed by atoms with Crippen LogP contribution in [-0.2, 0) is 4.74 Å². The minimum Gasteiger partial charge on any atom is -0.381 e. The van der Waals surface area contributed by atoms with Crippen LogP contribution in [0.1, 0.15) is 22.3 Å². The summed E-state index contributed by atoms with van der Waals surface area (Å²) in [6.45, 7) is 4.08. The van der Waals surface area contributed by atoms with Crippen molar-refractivity contribution in [3.05, 3.63) is 12.7 Å². The number of ether oxygens (including phenoxy) is 1. The maximum atomic E-state index is 4.57. The minimum atomic E-state index is 0. The van der Waals surface area contributed by atoms with Gasteiger partial charge in [-0.15, -0.1) is 6.58 Å². The number of rotatable bonds is 2. The second-order valence-corrected chi connectivity index (χ2v) is 0.744. The topological polar surface area (TPSA) is 9.23 Å². The van der Waals surface area contributed by atoms with E-state index in [0.717, 1.165) is 0 Å². The van der Waals surface area contributed by atoms with Crippen LogP contribution in [0.25, 0.3) is 0 Å². The summed E-state index contributed by atoms with van der Waals surface area (Å²) in [7, 11) is 1.64. The molecule has 0 aliphatic rings. The first-order valence-electron chi connectivity index (χ1n) is 1.51. The number of methoxy groups -OCH3 is 1. The van der Waals surface area contributed by atoms with Crippen LogP contribution in [-0.4, -0.2) is 13.7 Å². The molecule has 0 aliphatic heterocycles. The molecule has 8 heavy (non-hydrogen) atoms. The molecule has 0 aromatic rings. The molecule has 0 rings (SSSR count). The normalized spacial score (nSPS) is 4.62. The SMILES string of the molecule is C.C.C.C=CCOC. The van der Waals surface area contributed by atoms with Crippen LogP contribution in [0.15, 0.2) is 12.7 Å². The zero-order valence-corrected chi connectivity index (χ0v) is 3.40. The van der Waals surface area contributed by atoms with E-state index in [1.54, 1.807) is 13.2 Å². The maximum Gasteiger partial charge on any atom is 0.0641 e. The Balaban J connectivity index is -0.0000000267. The highest BCUT2D eigenvalue weighted by molar-refractivity contribution is 4.62. The smallest absolute Gasteiger partial charge is 0.0641 e. The lowest BCUT2D eigenvalue weighted by atomic mass is 10.7. The summed E-state index contributed by atoms with van der Waals surface area (Å²) in [5.41, 5.74) is 0. The molecule has 0 fully saturated rings. The monoisotopic (exact) mass is 120 g/mol. The van der Waals surface area contributed by atoms with Gasteiger partial charge in [0, 0.05) is 7.11 Å². The van der Waals surface area contributed by atoms with Gasteiger partial charge in [-0.2, -0.15) is 0 Å². The summed E-state index contributed by atoms with van der Waals surface area (Å²) < 4.78 is 4.57. The molecule has 0 spiro atoms. The van der Waals surface area contributed by atoms with Gasteiger partial charge in [0.2, 0.25) is 0 Å². The van der Waals surface area contributed by atoms with Gasteiger partial charge in [0.25, 0.3) is 0 Å². The van der Waals surface area contributed by atoms with Crippen molar-refractivity contribution in [3.8, 4) is 0 Å². The number of hydrogen-bond donors (Lipinski definition) is 0. The van der Waals surface area contributed by atoms with Gasteiger partial charge in [-0.1, -0.05) is 28.4 Å². The van der Waals surface area contributed by atoms with Crippen LogP contribution >= 0.6 is 0 Å². The van der Waals surface area contributed by atoms with E-state index >= 15 is 0 Å². The highest BCUT2D eigenvalue weighted by Gasteiger charge is 1.58. The van der Waals surface area contributed by atoms with Crippen molar-refractivity contribution in [2.75, 3.05) is 13.7 Å². The average molecular weight is 120 g/mol. The van der Waals surface area contributed by atoms with Gasteiger partial charge in [0.15, 0.2) is 0 Å². The molecule has 0 heterocycles. The third kappa shape index (κ3) is 43.6. The Bertz CT molecular complexity index is 25.6. The third-order valence-electron chi connectivity index (χ3n) is 0.285. The number of hydrogen-bond acceptors (Lipinski definition) is 1. The molecule has 0 bridgehead atoms. The zero-order chi connectivity index (χ0) is 4.12. The van der Waals surface area contributed by atoms with E-state index in [-0.39, 0.29) is 22.3 Å². The zero-order valence-electron chi connectivity index (χ0n) is 3.40. The van der Waals surface area contributed by atoms with Crippen LogP contribution in [0.3, 0.4) is 0 Å². The van der Waals surface area contributed by atoms with Crippen molar-refractivity contribution in [1.29, 1.82) is 0 Å². The second kappa shape index (κ2) is 29.9. The maximum absolute atomic E-state index is 4.57. The van der Waals surface area contributed by atoms with E-state index in [1.165, 1.54) is 0 Å². The van der Waals surface area contributed by atoms with Gasteiger partial charge in [-0.25, -0.2) is 0 Å². The molecular formula is C7H20O. The molecule has 0 aromatic carbocycles. The Morgan fingerprint density at radius 1 is 1.38 bits per heavy atom. The Morgan fingerprint density at radius 3 is 1.75 bits per heavy atom. The summed E-state index contributed by atoms with van der Waals surface area (Å²) in [5.74, 6) is 0. The fraction of sp³-hybridized carbons (Fsp3) is 0.714. The van der Waals surface area contributed by atoms with Crippen LogP contribution in [0.4, 0.5) is 0 Å². The van der Waals surface area contributed by atoms with Gasteiger partial charge in [-0.3, -0.25) is 0 Å². The van der Waals surface area contributed by atoms with Crippen molar-refractivity contribution in [3.63, 3.8) is 0 Å². The molecule has 0 aromatic heterocycles. The predicted molar refractivity (Wildman–Crippen MR) is 42.3 cm³/mol. The van der Waals surface area contributed by atoms with Crippen molar-refractivity contribution < 1.29 is 4.74 Å². The molecule has 1 heteroatoms. The molecule has 0 radical (unpaired) electrons. The molecule has 1 nitrogen and oxygen atoms in total. The molecule has 0 N–H and O–H groups in total. The average Bonchev–Trinajstić information content (AvgIpc) is 1.41. The van der Waals surface area contributed by atoms with Crippen LogP contribution in [0.2, 0.25) is 0 Å². The largest absolute Gasteiger partial charge is 0.381 e. The van der Waals surface area contributed by atoms with E-state index in [9.17, 15) is 0 Å². The Kier molecular flexibility index (Phi) is 94.2. The molecule has 0 atom stereocenters. The Labute approximate surface area is 54.4 Å². The van der Waals surface area contributed by atoms with E-state index in [1.807, 2.05) is 0 Å². The van der Waals surface area contributed by atoms with Crippen LogP contribution < -0.4 is 0 Å². The first-order chi connectivity index (χ1) is 2.41. The molecule has 0 saturated carbocycles. The standard InChI is InChI=1S/C4H8O.3CH4/c1-3-4-5-2;;;/h3H,1,4H2,2H3;3*1H4. The van der Waals surface area contributed by atoms with Crippen molar-refractivity contribution in [2.24, 2.45) is 0 Å². The molecule has 0 amide bonds. The predicted octanol–water partition coefficient (Wildman–Crippen LogP) is 2.73. The van der Waals surface area contributed by atoms with Crippen LogP contribution in [0.5, 0.6) is 0 Å². The summed E-state index contributed by atoms with van der Waals surface area (Å²) in [6, 6.07) is 0. The van der Waals surface area contributed by atoms with Crippen LogP contribution in [0, 0.1) is 0 Å². The Morgan fingerprint density at radius 2 is 1.75 bits per heavy atom. The lowest BCUT2D eigenvalue weighted by Gasteiger charge is -1.79. The van der Waals surface area contributed by atoms with E-state index in [4.69, 9.17) is 0 Å². The Hall–Kier alpha value is -0.300. The molecule has 0 unspecified atom stereocenters. The second-order valence-electron chi connectivity index (χ2n) is 0.744. The summed E-state index contributed by atoms with van der Waals surface area (Å²) >= 11 is 0. The minimum absolute atomic E-state index is 0. The summed E-state index contributed by atoms with van der Waals surface area (Å²) in [5, 5.41) is 0. The van der Waals surface area contributed by atoms with Gasteiger partial charge in [0.05, 0.1) is 6.61 Å². The molecular weight excluding hydrogens is 100 g/mol. The first kappa shape index (κ1) is 25.2. The lowest BCUT2D eigenvalue weighted by Crippen LogP contribution is -1.76. The molecule has 0 saturated heterocycles. The van der Waals surface area contributed by atoms with Crippen molar-refractivity contribution in [2.45, 2.75) is 22.3 Å². The van der Waals surface area contributed by atoms with Gasteiger partial charge < -0.3 is 4.74 Å². The fourth-order valence-electron chi connectivity index (χ4n) is 0.118. The van der Waals surface area contributed by atoms with E-state index in [0.29, 0.717) is 6.61 Å². The third-order valence-corrected chi connectivity index (χ3v) is 0.285. The fourth-order valence-corrected chi connectivity index (χ4v) is 0.118. The van der Waals surface area contributed by atoms with Gasteiger partial charge >= 0.3 is 0 Å². The van der Waals surface area contributed by atoms with E-state index < -0.39 is 0 Å². The van der Waals surface area contributed by atoms with Crippen molar-refractivity contribution >= 4 is 0 Å². The highest BCUT2D eigenvalue weighted by atomic mass is 16.5. The van der Waals surface area contributed by atoms with Crippen molar-refractivity contribution in [1.82, 2.24) is 0 Å². The van der Waals surface area contributed by atoms with Gasteiger partial charge in [0.1, 0.15) is 0 Å². The lowest BCUT2D eigenvalue weighted by molar-refractivity contribution is 0.234. The van der Waals surface area contributed by atoms with Gasteiger partial charge in [-0.05, 0) is 0 Å². The summed E-state index contributed by atoms with van der Waals surface area (Å²) in [6.07, 6.45) is 1.71. The molecule has 0 aliphatic carbocycles. The quantitative estimate of drug-likeness (QED) is 0.509. The van der Waals surface area contributed by atoms with E-state index in [2.05, 4.69) is 11.3 Å². The highest BCUT2D eigenvalue weighted by Crippen LogP contribution is 1.60. The first-order valence-corrected chi connectivity index (χ1v) is 1.51.